The molecule has 0 aromatic heterocycles. The molecule has 2 aliphatic heterocycles. The van der Waals surface area contributed by atoms with Gasteiger partial charge in [-0.3, -0.25) is 0 Å². The molecule has 0 saturated carbocycles. The monoisotopic (exact) mass is 519 g/mol. The van der Waals surface area contributed by atoms with Crippen LogP contribution in [-0.2, 0) is 26.7 Å². The fourth-order valence-corrected chi connectivity index (χ4v) is 4.42. The molecule has 1 amide bonds. The van der Waals surface area contributed by atoms with Gasteiger partial charge in [-0.15, -0.1) is 0 Å². The van der Waals surface area contributed by atoms with Gasteiger partial charge in [0, 0.05) is 38.1 Å². The first-order valence-corrected chi connectivity index (χ1v) is 12.7. The Morgan fingerprint density at radius 1 is 1.11 bits per heavy atom. The van der Waals surface area contributed by atoms with Crippen molar-refractivity contribution in [3.8, 4) is 11.5 Å². The van der Waals surface area contributed by atoms with Crippen molar-refractivity contribution < 1.29 is 37.3 Å². The summed E-state index contributed by atoms with van der Waals surface area (Å²) in [7, 11) is 1.44. The van der Waals surface area contributed by atoms with Gasteiger partial charge >= 0.3 is 6.09 Å². The Bertz CT molecular complexity index is 1080. The maximum atomic E-state index is 14.3. The number of alkyl halides is 2. The molecule has 37 heavy (non-hydrogen) atoms. The van der Waals surface area contributed by atoms with Crippen LogP contribution in [0.5, 0.6) is 11.5 Å². The third-order valence-corrected chi connectivity index (χ3v) is 6.52. The first kappa shape index (κ1) is 27.1. The lowest BCUT2D eigenvalue weighted by molar-refractivity contribution is -0.180. The summed E-state index contributed by atoms with van der Waals surface area (Å²) in [5.41, 5.74) is 1.74. The lowest BCUT2D eigenvalue weighted by atomic mass is 10.0. The molecule has 0 aliphatic carbocycles. The number of amides is 1. The Morgan fingerprint density at radius 2 is 1.92 bits per heavy atom. The van der Waals surface area contributed by atoms with Crippen LogP contribution in [0.15, 0.2) is 42.5 Å². The van der Waals surface area contributed by atoms with Gasteiger partial charge in [0.05, 0.1) is 20.3 Å². The molecule has 0 bridgehead atoms. The van der Waals surface area contributed by atoms with E-state index in [0.29, 0.717) is 31.9 Å². The van der Waals surface area contributed by atoms with Crippen LogP contribution in [0.25, 0.3) is 0 Å². The van der Waals surface area contributed by atoms with Crippen LogP contribution < -0.4 is 9.47 Å². The molecule has 4 rings (SSSR count). The number of fused-ring (bicyclic) bond motifs is 1. The molecule has 2 heterocycles. The number of halogens is 2. The number of ether oxygens (including phenoxy) is 5. The first-order valence-electron chi connectivity index (χ1n) is 12.7. The van der Waals surface area contributed by atoms with Gasteiger partial charge in [-0.2, -0.15) is 8.78 Å². The van der Waals surface area contributed by atoms with Crippen LogP contribution in [0.4, 0.5) is 13.6 Å². The molecule has 202 valence electrons. The van der Waals surface area contributed by atoms with Crippen molar-refractivity contribution in [3.05, 3.63) is 59.2 Å². The number of cyclic esters (lactones) is 1. The van der Waals surface area contributed by atoms with Gasteiger partial charge in [-0.05, 0) is 42.7 Å². The standard InChI is InChI=1S/C28H35F2NO6/c1-27(2)35-18-21-15-20(11-12-24(21)37-27)25-17-31(26(32)36-25)13-6-4-5-7-14-34-19-28(29,30)22-9-8-10-23(16-22)33-3/h8-12,15-16,25H,4-7,13-14,17-19H2,1-3H3. The van der Waals surface area contributed by atoms with E-state index in [2.05, 4.69) is 0 Å². The molecule has 1 fully saturated rings. The van der Waals surface area contributed by atoms with Gasteiger partial charge in [-0.25, -0.2) is 4.79 Å². The number of carbonyl (C=O) groups excluding carboxylic acids is 1. The Balaban J connectivity index is 1.12. The summed E-state index contributed by atoms with van der Waals surface area (Å²) in [4.78, 5) is 14.1. The van der Waals surface area contributed by atoms with Crippen molar-refractivity contribution in [1.82, 2.24) is 4.90 Å². The van der Waals surface area contributed by atoms with Crippen LogP contribution in [0, 0.1) is 0 Å². The van der Waals surface area contributed by atoms with E-state index in [9.17, 15) is 13.6 Å². The molecule has 2 aromatic rings. The predicted molar refractivity (Wildman–Crippen MR) is 133 cm³/mol. The zero-order valence-corrected chi connectivity index (χ0v) is 21.6. The van der Waals surface area contributed by atoms with E-state index < -0.39 is 18.3 Å². The molecule has 1 saturated heterocycles. The number of benzene rings is 2. The van der Waals surface area contributed by atoms with Crippen molar-refractivity contribution in [3.63, 3.8) is 0 Å². The zero-order chi connectivity index (χ0) is 26.5. The Labute approximate surface area is 216 Å². The van der Waals surface area contributed by atoms with Gasteiger partial charge < -0.3 is 28.6 Å². The quantitative estimate of drug-likeness (QED) is 0.311. The highest BCUT2D eigenvalue weighted by molar-refractivity contribution is 5.70. The molecule has 1 atom stereocenters. The van der Waals surface area contributed by atoms with Gasteiger partial charge in [0.25, 0.3) is 5.92 Å². The van der Waals surface area contributed by atoms with Crippen LogP contribution in [0.2, 0.25) is 0 Å². The first-order chi connectivity index (χ1) is 17.7. The van der Waals surface area contributed by atoms with E-state index in [1.54, 1.807) is 11.0 Å². The topological polar surface area (TPSA) is 66.5 Å². The summed E-state index contributed by atoms with van der Waals surface area (Å²) in [6.45, 7) is 4.87. The second-order valence-corrected chi connectivity index (χ2v) is 9.88. The second kappa shape index (κ2) is 11.6. The third-order valence-electron chi connectivity index (χ3n) is 6.52. The van der Waals surface area contributed by atoms with E-state index in [-0.39, 0.29) is 24.4 Å². The van der Waals surface area contributed by atoms with Crippen molar-refractivity contribution in [2.75, 3.05) is 33.4 Å². The molecule has 2 aromatic carbocycles. The molecule has 0 spiro atoms. The Kier molecular flexibility index (Phi) is 8.54. The van der Waals surface area contributed by atoms with Gasteiger partial charge in [-0.1, -0.05) is 31.0 Å². The van der Waals surface area contributed by atoms with Crippen LogP contribution in [-0.4, -0.2) is 50.2 Å². The fraction of sp³-hybridized carbons (Fsp3) is 0.536. The second-order valence-electron chi connectivity index (χ2n) is 9.88. The maximum absolute atomic E-state index is 14.3. The van der Waals surface area contributed by atoms with Crippen LogP contribution >= 0.6 is 0 Å². The molecule has 2 aliphatic rings. The summed E-state index contributed by atoms with van der Waals surface area (Å²) in [5.74, 6) is -2.55. The largest absolute Gasteiger partial charge is 0.497 e. The highest BCUT2D eigenvalue weighted by Crippen LogP contribution is 2.35. The van der Waals surface area contributed by atoms with Crippen LogP contribution in [0.1, 0.15) is 62.3 Å². The van der Waals surface area contributed by atoms with Crippen molar-refractivity contribution in [2.24, 2.45) is 0 Å². The maximum Gasteiger partial charge on any atom is 0.410 e. The molecular weight excluding hydrogens is 484 g/mol. The normalized spacial score (nSPS) is 18.8. The third kappa shape index (κ3) is 7.11. The predicted octanol–water partition coefficient (Wildman–Crippen LogP) is 6.20. The number of hydrogen-bond acceptors (Lipinski definition) is 6. The van der Waals surface area contributed by atoms with Crippen LogP contribution in [0.3, 0.4) is 0 Å². The minimum Gasteiger partial charge on any atom is -0.497 e. The number of rotatable bonds is 12. The summed E-state index contributed by atoms with van der Waals surface area (Å²) >= 11 is 0. The van der Waals surface area contributed by atoms with Crippen molar-refractivity contribution in [1.29, 1.82) is 0 Å². The van der Waals surface area contributed by atoms with Gasteiger partial charge in [0.2, 0.25) is 5.79 Å². The van der Waals surface area contributed by atoms with E-state index in [1.165, 1.54) is 25.3 Å². The Hall–Kier alpha value is -2.91. The van der Waals surface area contributed by atoms with Crippen molar-refractivity contribution in [2.45, 2.75) is 64.0 Å². The molecule has 7 nitrogen and oxygen atoms in total. The zero-order valence-electron chi connectivity index (χ0n) is 21.6. The molecule has 9 heteroatoms. The molecule has 0 radical (unpaired) electrons. The van der Waals surface area contributed by atoms with E-state index in [4.69, 9.17) is 23.7 Å². The number of hydrogen-bond donors (Lipinski definition) is 0. The minimum absolute atomic E-state index is 0.122. The minimum atomic E-state index is -3.07. The highest BCUT2D eigenvalue weighted by Gasteiger charge is 2.34. The van der Waals surface area contributed by atoms with E-state index in [1.807, 2.05) is 32.0 Å². The van der Waals surface area contributed by atoms with Crippen molar-refractivity contribution >= 4 is 6.09 Å². The molecule has 1 unspecified atom stereocenters. The summed E-state index contributed by atoms with van der Waals surface area (Å²) in [5, 5.41) is 0. The summed E-state index contributed by atoms with van der Waals surface area (Å²) in [6, 6.07) is 11.7. The van der Waals surface area contributed by atoms with E-state index >= 15 is 0 Å². The SMILES string of the molecule is COc1cccc(C(F)(F)COCCCCCCN2CC(c3ccc4c(c3)COC(C)(C)O4)OC2=O)c1. The highest BCUT2D eigenvalue weighted by atomic mass is 19.3. The Morgan fingerprint density at radius 3 is 2.73 bits per heavy atom. The number of carbonyl (C=O) groups is 1. The lowest BCUT2D eigenvalue weighted by Gasteiger charge is -2.32. The number of unbranched alkanes of at least 4 members (excludes halogenated alkanes) is 3. The van der Waals surface area contributed by atoms with Gasteiger partial charge in [0.15, 0.2) is 0 Å². The smallest absolute Gasteiger partial charge is 0.410 e. The fourth-order valence-electron chi connectivity index (χ4n) is 4.42. The molecule has 0 N–H and O–H groups in total. The average Bonchev–Trinajstić information content (AvgIpc) is 3.25. The lowest BCUT2D eigenvalue weighted by Crippen LogP contribution is -2.35. The van der Waals surface area contributed by atoms with E-state index in [0.717, 1.165) is 36.1 Å². The average molecular weight is 520 g/mol. The summed E-state index contributed by atoms with van der Waals surface area (Å²) in [6.07, 6.45) is 2.54. The molecular formula is C28H35F2NO6. The number of nitrogens with zero attached hydrogens (tertiary/aromatic N) is 1. The summed E-state index contributed by atoms with van der Waals surface area (Å²) < 4.78 is 56.1. The van der Waals surface area contributed by atoms with Gasteiger partial charge in [0.1, 0.15) is 24.2 Å². The number of methoxy groups -OCH3 is 1.